The van der Waals surface area contributed by atoms with Crippen molar-refractivity contribution in [3.05, 3.63) is 88.4 Å². The van der Waals surface area contributed by atoms with Gasteiger partial charge in [0, 0.05) is 10.9 Å². The van der Waals surface area contributed by atoms with E-state index in [0.29, 0.717) is 23.6 Å². The van der Waals surface area contributed by atoms with Gasteiger partial charge in [0.2, 0.25) is 0 Å². The Kier molecular flexibility index (Phi) is 6.02. The summed E-state index contributed by atoms with van der Waals surface area (Å²) < 4.78 is 39.9. The molecule has 0 radical (unpaired) electrons. The third-order valence-electron chi connectivity index (χ3n) is 5.13. The summed E-state index contributed by atoms with van der Waals surface area (Å²) in [5.74, 6) is 1.12. The molecule has 0 saturated carbocycles. The minimum absolute atomic E-state index is 0.196. The van der Waals surface area contributed by atoms with Gasteiger partial charge in [0.25, 0.3) is 10.0 Å². The van der Waals surface area contributed by atoms with Crippen LogP contribution >= 0.6 is 15.9 Å². The molecule has 0 amide bonds. The summed E-state index contributed by atoms with van der Waals surface area (Å²) in [5, 5.41) is 4.57. The molecule has 6 nitrogen and oxygen atoms in total. The van der Waals surface area contributed by atoms with Gasteiger partial charge in [-0.25, -0.2) is 0 Å². The molecule has 0 unspecified atom stereocenters. The van der Waals surface area contributed by atoms with Gasteiger partial charge in [0.05, 0.1) is 30.9 Å². The van der Waals surface area contributed by atoms with Crippen LogP contribution in [0.25, 0.3) is 0 Å². The van der Waals surface area contributed by atoms with Crippen LogP contribution in [0.4, 0.5) is 0 Å². The van der Waals surface area contributed by atoms with Crippen LogP contribution in [-0.2, 0) is 10.0 Å². The number of rotatable bonds is 6. The van der Waals surface area contributed by atoms with Crippen molar-refractivity contribution in [2.45, 2.75) is 17.4 Å². The first kappa shape index (κ1) is 21.4. The number of halogens is 1. The van der Waals surface area contributed by atoms with Crippen molar-refractivity contribution in [2.75, 3.05) is 14.2 Å². The molecule has 4 rings (SSSR count). The van der Waals surface area contributed by atoms with E-state index < -0.39 is 16.1 Å². The van der Waals surface area contributed by atoms with Crippen molar-refractivity contribution in [3.63, 3.8) is 0 Å². The second-order valence-corrected chi connectivity index (χ2v) is 9.69. The molecule has 1 aliphatic heterocycles. The van der Waals surface area contributed by atoms with Gasteiger partial charge in [0.15, 0.2) is 11.5 Å². The minimum Gasteiger partial charge on any atom is -0.493 e. The molecule has 1 heterocycles. The molecule has 0 aliphatic carbocycles. The molecule has 0 fully saturated rings. The molecule has 3 aromatic rings. The maximum atomic E-state index is 13.5. The van der Waals surface area contributed by atoms with Gasteiger partial charge in [-0.1, -0.05) is 52.3 Å². The Balaban J connectivity index is 1.81. The highest BCUT2D eigenvalue weighted by molar-refractivity contribution is 9.10. The molecule has 0 saturated heterocycles. The fraction of sp³-hybridized carbons (Fsp3) is 0.174. The van der Waals surface area contributed by atoms with Crippen LogP contribution in [-0.4, -0.2) is 32.8 Å². The summed E-state index contributed by atoms with van der Waals surface area (Å²) >= 11 is 3.43. The summed E-state index contributed by atoms with van der Waals surface area (Å²) in [5.41, 5.74) is 2.35. The van der Waals surface area contributed by atoms with Gasteiger partial charge < -0.3 is 9.47 Å². The standard InChI is InChI=1S/C23H21BrN2O4S/c1-29-22-13-10-17(14-23(22)30-2)21-15-20(16-8-11-18(24)12-9-16)25-26(21)31(27,28)19-6-4-3-5-7-19/h3-14,21H,15H2,1-2H3/t21-/m1/s1. The Morgan fingerprint density at radius 1 is 0.935 bits per heavy atom. The Bertz CT molecular complexity index is 1210. The number of benzene rings is 3. The summed E-state index contributed by atoms with van der Waals surface area (Å²) in [6, 6.07) is 20.9. The van der Waals surface area contributed by atoms with Crippen LogP contribution in [0.2, 0.25) is 0 Å². The Labute approximate surface area is 190 Å². The van der Waals surface area contributed by atoms with Crippen LogP contribution in [0.5, 0.6) is 11.5 Å². The molecule has 1 atom stereocenters. The van der Waals surface area contributed by atoms with E-state index in [4.69, 9.17) is 9.47 Å². The van der Waals surface area contributed by atoms with Gasteiger partial charge in [-0.3, -0.25) is 0 Å². The van der Waals surface area contributed by atoms with E-state index in [0.717, 1.165) is 15.6 Å². The van der Waals surface area contributed by atoms with E-state index in [-0.39, 0.29) is 4.90 Å². The van der Waals surface area contributed by atoms with E-state index >= 15 is 0 Å². The van der Waals surface area contributed by atoms with Crippen LogP contribution < -0.4 is 9.47 Å². The Morgan fingerprint density at radius 3 is 2.26 bits per heavy atom. The smallest absolute Gasteiger partial charge is 0.279 e. The third-order valence-corrected chi connectivity index (χ3v) is 7.35. The molecule has 1 aliphatic rings. The van der Waals surface area contributed by atoms with Crippen LogP contribution in [0.3, 0.4) is 0 Å². The predicted molar refractivity (Wildman–Crippen MR) is 123 cm³/mol. The second kappa shape index (κ2) is 8.72. The Morgan fingerprint density at radius 2 is 1.61 bits per heavy atom. The lowest BCUT2D eigenvalue weighted by Crippen LogP contribution is -2.27. The lowest BCUT2D eigenvalue weighted by Gasteiger charge is -2.24. The fourth-order valence-corrected chi connectivity index (χ4v) is 5.25. The number of ether oxygens (including phenoxy) is 2. The summed E-state index contributed by atoms with van der Waals surface area (Å²) in [4.78, 5) is 0.196. The third kappa shape index (κ3) is 4.18. The van der Waals surface area contributed by atoms with E-state index in [1.165, 1.54) is 4.41 Å². The van der Waals surface area contributed by atoms with Gasteiger partial charge >= 0.3 is 0 Å². The molecule has 160 valence electrons. The minimum atomic E-state index is -3.86. The number of hydrogen-bond donors (Lipinski definition) is 0. The van der Waals surface area contributed by atoms with Crippen molar-refractivity contribution >= 4 is 31.7 Å². The molecule has 3 aromatic carbocycles. The van der Waals surface area contributed by atoms with Crippen molar-refractivity contribution in [1.29, 1.82) is 0 Å². The number of nitrogens with zero attached hydrogens (tertiary/aromatic N) is 2. The van der Waals surface area contributed by atoms with Gasteiger partial charge in [-0.2, -0.15) is 17.9 Å². The van der Waals surface area contributed by atoms with Gasteiger partial charge in [0.1, 0.15) is 0 Å². The molecular weight excluding hydrogens is 480 g/mol. The van der Waals surface area contributed by atoms with Gasteiger partial charge in [-0.05, 0) is 47.5 Å². The highest BCUT2D eigenvalue weighted by Gasteiger charge is 2.38. The second-order valence-electron chi connectivity index (χ2n) is 6.98. The first-order valence-corrected chi connectivity index (χ1v) is 11.8. The summed E-state index contributed by atoms with van der Waals surface area (Å²) in [6.07, 6.45) is 0.434. The number of hydrogen-bond acceptors (Lipinski definition) is 5. The first-order valence-electron chi connectivity index (χ1n) is 9.59. The monoisotopic (exact) mass is 500 g/mol. The highest BCUT2D eigenvalue weighted by Crippen LogP contribution is 2.40. The van der Waals surface area contributed by atoms with Crippen molar-refractivity contribution in [3.8, 4) is 11.5 Å². The predicted octanol–water partition coefficient (Wildman–Crippen LogP) is 5.01. The zero-order valence-corrected chi connectivity index (χ0v) is 19.4. The van der Waals surface area contributed by atoms with Crippen LogP contribution in [0.15, 0.2) is 87.3 Å². The molecule has 0 bridgehead atoms. The van der Waals surface area contributed by atoms with E-state index in [1.54, 1.807) is 56.7 Å². The topological polar surface area (TPSA) is 68.2 Å². The van der Waals surface area contributed by atoms with E-state index in [9.17, 15) is 8.42 Å². The Hall–Kier alpha value is -2.84. The largest absolute Gasteiger partial charge is 0.493 e. The number of hydrazone groups is 1. The normalized spacial score (nSPS) is 16.2. The zero-order valence-electron chi connectivity index (χ0n) is 17.0. The van der Waals surface area contributed by atoms with E-state index in [1.807, 2.05) is 30.3 Å². The summed E-state index contributed by atoms with van der Waals surface area (Å²) in [7, 11) is -0.738. The zero-order chi connectivity index (χ0) is 22.0. The fourth-order valence-electron chi connectivity index (χ4n) is 3.54. The SMILES string of the molecule is COc1ccc([C@H]2CC(c3ccc(Br)cc3)=NN2S(=O)(=O)c2ccccc2)cc1OC. The maximum absolute atomic E-state index is 13.5. The lowest BCUT2D eigenvalue weighted by atomic mass is 9.99. The molecule has 31 heavy (non-hydrogen) atoms. The van der Waals surface area contributed by atoms with Crippen LogP contribution in [0, 0.1) is 0 Å². The van der Waals surface area contributed by atoms with Crippen molar-refractivity contribution < 1.29 is 17.9 Å². The van der Waals surface area contributed by atoms with Gasteiger partial charge in [-0.15, -0.1) is 0 Å². The van der Waals surface area contributed by atoms with Crippen molar-refractivity contribution in [1.82, 2.24) is 4.41 Å². The van der Waals surface area contributed by atoms with Crippen molar-refractivity contribution in [2.24, 2.45) is 5.10 Å². The van der Waals surface area contributed by atoms with E-state index in [2.05, 4.69) is 21.0 Å². The quantitative estimate of drug-likeness (QED) is 0.477. The maximum Gasteiger partial charge on any atom is 0.279 e. The molecule has 0 aromatic heterocycles. The average Bonchev–Trinajstić information content (AvgIpc) is 3.26. The average molecular weight is 501 g/mol. The molecule has 0 N–H and O–H groups in total. The summed E-state index contributed by atoms with van der Waals surface area (Å²) in [6.45, 7) is 0. The molecule has 0 spiro atoms. The number of sulfonamides is 1. The molecular formula is C23H21BrN2O4S. The number of methoxy groups -OCH3 is 2. The lowest BCUT2D eigenvalue weighted by molar-refractivity contribution is 0.348. The first-order chi connectivity index (χ1) is 14.9. The highest BCUT2D eigenvalue weighted by atomic mass is 79.9. The molecule has 8 heteroatoms. The van der Waals surface area contributed by atoms with Crippen LogP contribution in [0.1, 0.15) is 23.6 Å².